The molecular formula is C16H18F3NO4. The van der Waals surface area contributed by atoms with Crippen LogP contribution in [0.15, 0.2) is 43.0 Å². The van der Waals surface area contributed by atoms with Crippen LogP contribution in [0.2, 0.25) is 0 Å². The Morgan fingerprint density at radius 3 is 2.38 bits per heavy atom. The first kappa shape index (κ1) is 19.5. The second-order valence-electron chi connectivity index (χ2n) is 4.91. The SMILES string of the molecule is C=CCCC(NC(=O)OCc1ccccc1)(C(=O)OC)C(F)(F)F. The summed E-state index contributed by atoms with van der Waals surface area (Å²) >= 11 is 0. The highest BCUT2D eigenvalue weighted by atomic mass is 19.4. The zero-order chi connectivity index (χ0) is 18.2. The van der Waals surface area contributed by atoms with E-state index in [1.807, 2.05) is 0 Å². The Bertz CT molecular complexity index is 574. The van der Waals surface area contributed by atoms with Gasteiger partial charge >= 0.3 is 18.2 Å². The third kappa shape index (κ3) is 4.74. The summed E-state index contributed by atoms with van der Waals surface area (Å²) in [4.78, 5) is 23.5. The number of nitrogens with one attached hydrogen (secondary N) is 1. The van der Waals surface area contributed by atoms with Crippen molar-refractivity contribution in [3.63, 3.8) is 0 Å². The van der Waals surface area contributed by atoms with Crippen LogP contribution >= 0.6 is 0 Å². The van der Waals surface area contributed by atoms with Gasteiger partial charge in [-0.1, -0.05) is 36.4 Å². The number of ether oxygens (including phenoxy) is 2. The minimum Gasteiger partial charge on any atom is -0.467 e. The molecule has 0 aliphatic carbocycles. The molecule has 0 aliphatic heterocycles. The Morgan fingerprint density at radius 2 is 1.88 bits per heavy atom. The van der Waals surface area contributed by atoms with Gasteiger partial charge in [-0.3, -0.25) is 5.32 Å². The fourth-order valence-corrected chi connectivity index (χ4v) is 1.97. The highest BCUT2D eigenvalue weighted by Crippen LogP contribution is 2.35. The van der Waals surface area contributed by atoms with Crippen molar-refractivity contribution < 1.29 is 32.2 Å². The molecule has 0 heterocycles. The zero-order valence-corrected chi connectivity index (χ0v) is 13.1. The van der Waals surface area contributed by atoms with E-state index < -0.39 is 30.2 Å². The standard InChI is InChI=1S/C16H18F3NO4/c1-3-4-10-15(13(21)23-2,16(17,18)19)20-14(22)24-11-12-8-6-5-7-9-12/h3,5-9H,1,4,10-11H2,2H3,(H,20,22). The Labute approximate surface area is 137 Å². The number of hydrogen-bond acceptors (Lipinski definition) is 4. The third-order valence-corrected chi connectivity index (χ3v) is 3.27. The Kier molecular flexibility index (Phi) is 6.82. The lowest BCUT2D eigenvalue weighted by molar-refractivity contribution is -0.211. The van der Waals surface area contributed by atoms with Crippen LogP contribution in [0.1, 0.15) is 18.4 Å². The van der Waals surface area contributed by atoms with Crippen molar-refractivity contribution in [2.24, 2.45) is 0 Å². The average molecular weight is 345 g/mol. The molecule has 1 atom stereocenters. The van der Waals surface area contributed by atoms with E-state index in [1.165, 1.54) is 6.08 Å². The maximum absolute atomic E-state index is 13.5. The van der Waals surface area contributed by atoms with E-state index in [1.54, 1.807) is 35.6 Å². The van der Waals surface area contributed by atoms with Gasteiger partial charge in [0, 0.05) is 0 Å². The molecule has 1 rings (SSSR count). The summed E-state index contributed by atoms with van der Waals surface area (Å²) in [5.41, 5.74) is -2.60. The predicted octanol–water partition coefficient (Wildman–Crippen LogP) is 3.35. The van der Waals surface area contributed by atoms with Crippen LogP contribution in [0.3, 0.4) is 0 Å². The number of carbonyl (C=O) groups excluding carboxylic acids is 2. The molecule has 0 bridgehead atoms. The first-order chi connectivity index (χ1) is 11.3. The summed E-state index contributed by atoms with van der Waals surface area (Å²) in [6.45, 7) is 3.09. The second-order valence-corrected chi connectivity index (χ2v) is 4.91. The minimum atomic E-state index is -5.06. The molecule has 1 aromatic rings. The third-order valence-electron chi connectivity index (χ3n) is 3.27. The van der Waals surface area contributed by atoms with Crippen LogP contribution in [0, 0.1) is 0 Å². The smallest absolute Gasteiger partial charge is 0.422 e. The number of hydrogen-bond donors (Lipinski definition) is 1. The zero-order valence-electron chi connectivity index (χ0n) is 13.1. The van der Waals surface area contributed by atoms with Gasteiger partial charge in [-0.2, -0.15) is 13.2 Å². The molecule has 1 aromatic carbocycles. The number of alkyl carbamates (subject to hydrolysis) is 1. The normalized spacial score (nSPS) is 13.5. The molecule has 0 saturated heterocycles. The van der Waals surface area contributed by atoms with Crippen molar-refractivity contribution in [3.05, 3.63) is 48.6 Å². The van der Waals surface area contributed by atoms with E-state index in [-0.39, 0.29) is 13.0 Å². The number of methoxy groups -OCH3 is 1. The molecule has 1 unspecified atom stereocenters. The monoisotopic (exact) mass is 345 g/mol. The van der Waals surface area contributed by atoms with E-state index >= 15 is 0 Å². The van der Waals surface area contributed by atoms with Gasteiger partial charge in [-0.15, -0.1) is 6.58 Å². The van der Waals surface area contributed by atoms with E-state index in [0.717, 1.165) is 7.11 Å². The summed E-state index contributed by atoms with van der Waals surface area (Å²) in [6, 6.07) is 8.40. The molecule has 0 saturated carbocycles. The van der Waals surface area contributed by atoms with Gasteiger partial charge in [0.05, 0.1) is 7.11 Å². The lowest BCUT2D eigenvalue weighted by Gasteiger charge is -2.33. The quantitative estimate of drug-likeness (QED) is 0.608. The van der Waals surface area contributed by atoms with E-state index in [0.29, 0.717) is 5.56 Å². The van der Waals surface area contributed by atoms with Gasteiger partial charge < -0.3 is 9.47 Å². The highest BCUT2D eigenvalue weighted by Gasteiger charge is 2.62. The Balaban J connectivity index is 2.91. The van der Waals surface area contributed by atoms with E-state index in [4.69, 9.17) is 4.74 Å². The molecule has 1 amide bonds. The fraction of sp³-hybridized carbons (Fsp3) is 0.375. The summed E-state index contributed by atoms with van der Waals surface area (Å²) in [6.07, 6.45) is -6.12. The van der Waals surface area contributed by atoms with Gasteiger partial charge in [-0.25, -0.2) is 9.59 Å². The Hall–Kier alpha value is -2.51. The molecule has 0 fully saturated rings. The molecule has 0 aliphatic rings. The summed E-state index contributed by atoms with van der Waals surface area (Å²) in [5, 5.41) is 1.62. The van der Waals surface area contributed by atoms with Crippen molar-refractivity contribution in [2.45, 2.75) is 31.2 Å². The molecule has 1 N–H and O–H groups in total. The first-order valence-corrected chi connectivity index (χ1v) is 7.01. The number of alkyl halides is 3. The van der Waals surface area contributed by atoms with Crippen LogP contribution in [-0.2, 0) is 20.9 Å². The maximum atomic E-state index is 13.5. The van der Waals surface area contributed by atoms with Crippen molar-refractivity contribution in [2.75, 3.05) is 7.11 Å². The topological polar surface area (TPSA) is 64.6 Å². The molecule has 0 radical (unpaired) electrons. The minimum absolute atomic E-state index is 0.159. The van der Waals surface area contributed by atoms with Crippen molar-refractivity contribution in [3.8, 4) is 0 Å². The highest BCUT2D eigenvalue weighted by molar-refractivity contribution is 5.86. The van der Waals surface area contributed by atoms with E-state index in [2.05, 4.69) is 11.3 Å². The number of carbonyl (C=O) groups is 2. The van der Waals surface area contributed by atoms with Crippen molar-refractivity contribution in [1.82, 2.24) is 5.32 Å². The lowest BCUT2D eigenvalue weighted by Crippen LogP contribution is -2.64. The van der Waals surface area contributed by atoms with Crippen molar-refractivity contribution >= 4 is 12.1 Å². The van der Waals surface area contributed by atoms with Gasteiger partial charge in [0.1, 0.15) is 6.61 Å². The summed E-state index contributed by atoms with van der Waals surface area (Å²) < 4.78 is 49.4. The van der Waals surface area contributed by atoms with Gasteiger partial charge in [0.15, 0.2) is 0 Å². The van der Waals surface area contributed by atoms with Gasteiger partial charge in [0.25, 0.3) is 0 Å². The predicted molar refractivity (Wildman–Crippen MR) is 80.0 cm³/mol. The van der Waals surface area contributed by atoms with Gasteiger partial charge in [-0.05, 0) is 18.4 Å². The number of esters is 1. The largest absolute Gasteiger partial charge is 0.467 e. The molecule has 0 spiro atoms. The molecular weight excluding hydrogens is 327 g/mol. The van der Waals surface area contributed by atoms with E-state index in [9.17, 15) is 22.8 Å². The Morgan fingerprint density at radius 1 is 1.25 bits per heavy atom. The first-order valence-electron chi connectivity index (χ1n) is 7.01. The fourth-order valence-electron chi connectivity index (χ4n) is 1.97. The summed E-state index contributed by atoms with van der Waals surface area (Å²) in [5.74, 6) is -1.62. The number of rotatable bonds is 7. The number of amides is 1. The molecule has 132 valence electrons. The number of benzene rings is 1. The van der Waals surface area contributed by atoms with Crippen LogP contribution < -0.4 is 5.32 Å². The van der Waals surface area contributed by atoms with Crippen molar-refractivity contribution in [1.29, 1.82) is 0 Å². The molecule has 5 nitrogen and oxygen atoms in total. The maximum Gasteiger partial charge on any atom is 0.422 e. The second kappa shape index (κ2) is 8.37. The molecule has 24 heavy (non-hydrogen) atoms. The number of halogens is 3. The van der Waals surface area contributed by atoms with Crippen LogP contribution in [-0.4, -0.2) is 30.9 Å². The van der Waals surface area contributed by atoms with Gasteiger partial charge in [0.2, 0.25) is 5.54 Å². The van der Waals surface area contributed by atoms with Crippen LogP contribution in [0.5, 0.6) is 0 Å². The number of allylic oxidation sites excluding steroid dienone is 1. The molecule has 8 heteroatoms. The average Bonchev–Trinajstić information content (AvgIpc) is 2.55. The summed E-state index contributed by atoms with van der Waals surface area (Å²) in [7, 11) is 0.813. The van der Waals surface area contributed by atoms with Crippen LogP contribution in [0.25, 0.3) is 0 Å². The van der Waals surface area contributed by atoms with Crippen LogP contribution in [0.4, 0.5) is 18.0 Å². The molecule has 0 aromatic heterocycles. The lowest BCUT2D eigenvalue weighted by atomic mass is 9.92.